The first-order chi connectivity index (χ1) is 7.30. The number of rotatable bonds is 3. The van der Waals surface area contributed by atoms with Crippen molar-refractivity contribution in [1.82, 2.24) is 0 Å². The summed E-state index contributed by atoms with van der Waals surface area (Å²) in [6.45, 7) is 6.22. The Morgan fingerprint density at radius 1 is 1.35 bits per heavy atom. The molecule has 0 radical (unpaired) electrons. The Morgan fingerprint density at radius 3 is 2.41 bits per heavy atom. The molecule has 1 aromatic rings. The van der Waals surface area contributed by atoms with E-state index in [9.17, 15) is 5.11 Å². The lowest BCUT2D eigenvalue weighted by atomic mass is 9.83. The van der Waals surface area contributed by atoms with Gasteiger partial charge in [0.05, 0.1) is 6.10 Å². The second-order valence-corrected chi connectivity index (χ2v) is 5.72. The molecule has 0 aliphatic carbocycles. The summed E-state index contributed by atoms with van der Waals surface area (Å²) in [6, 6.07) is 7.24. The highest BCUT2D eigenvalue weighted by Crippen LogP contribution is 2.27. The first-order valence-corrected chi connectivity index (χ1v) is 5.87. The highest BCUT2D eigenvalue weighted by atomic mass is 35.5. The van der Waals surface area contributed by atoms with E-state index in [-0.39, 0.29) is 23.9 Å². The number of nitrogens with two attached hydrogens (primary N) is 1. The quantitative estimate of drug-likeness (QED) is 0.888. The molecule has 17 heavy (non-hydrogen) atoms. The Balaban J connectivity index is 0.00000256. The van der Waals surface area contributed by atoms with Crippen LogP contribution < -0.4 is 5.73 Å². The maximum atomic E-state index is 10.0. The van der Waals surface area contributed by atoms with Gasteiger partial charge in [-0.3, -0.25) is 0 Å². The van der Waals surface area contributed by atoms with Gasteiger partial charge < -0.3 is 10.8 Å². The zero-order valence-corrected chi connectivity index (χ0v) is 12.1. The van der Waals surface area contributed by atoms with Crippen LogP contribution in [0, 0.1) is 5.41 Å². The molecule has 1 aromatic carbocycles. The second kappa shape index (κ2) is 6.60. The molecule has 0 saturated heterocycles. The molecule has 0 spiro atoms. The van der Waals surface area contributed by atoms with Crippen molar-refractivity contribution in [2.75, 3.05) is 0 Å². The minimum atomic E-state index is -0.548. The highest BCUT2D eigenvalue weighted by Gasteiger charge is 2.23. The van der Waals surface area contributed by atoms with Gasteiger partial charge in [-0.05, 0) is 29.5 Å². The SMILES string of the molecule is CC(C)(C)[C@H](N)C[C@H](O)c1cccc(Cl)c1.Cl. The van der Waals surface area contributed by atoms with Crippen molar-refractivity contribution < 1.29 is 5.11 Å². The summed E-state index contributed by atoms with van der Waals surface area (Å²) in [5.41, 5.74) is 6.86. The minimum absolute atomic E-state index is 0. The lowest BCUT2D eigenvalue weighted by Gasteiger charge is -2.29. The molecule has 2 nitrogen and oxygen atoms in total. The van der Waals surface area contributed by atoms with Gasteiger partial charge in [0.1, 0.15) is 0 Å². The van der Waals surface area contributed by atoms with Gasteiger partial charge in [-0.15, -0.1) is 12.4 Å². The van der Waals surface area contributed by atoms with Gasteiger partial charge in [-0.1, -0.05) is 44.5 Å². The largest absolute Gasteiger partial charge is 0.388 e. The second-order valence-electron chi connectivity index (χ2n) is 5.28. The lowest BCUT2D eigenvalue weighted by Crippen LogP contribution is -2.36. The first-order valence-electron chi connectivity index (χ1n) is 5.50. The van der Waals surface area contributed by atoms with E-state index in [1.165, 1.54) is 0 Å². The van der Waals surface area contributed by atoms with Crippen LogP contribution in [0.15, 0.2) is 24.3 Å². The zero-order chi connectivity index (χ0) is 12.3. The Morgan fingerprint density at radius 2 is 1.94 bits per heavy atom. The third kappa shape index (κ3) is 5.26. The van der Waals surface area contributed by atoms with Gasteiger partial charge in [0.25, 0.3) is 0 Å². The van der Waals surface area contributed by atoms with Crippen LogP contribution in [0.3, 0.4) is 0 Å². The summed E-state index contributed by atoms with van der Waals surface area (Å²) in [6.07, 6.45) is -0.00274. The van der Waals surface area contributed by atoms with E-state index in [2.05, 4.69) is 20.8 Å². The summed E-state index contributed by atoms with van der Waals surface area (Å²) < 4.78 is 0. The predicted octanol–water partition coefficient (Wildman–Crippen LogP) is 3.56. The molecular weight excluding hydrogens is 257 g/mol. The van der Waals surface area contributed by atoms with Crippen LogP contribution in [0.4, 0.5) is 0 Å². The van der Waals surface area contributed by atoms with Crippen LogP contribution in [0.1, 0.15) is 38.9 Å². The van der Waals surface area contributed by atoms with Gasteiger partial charge in [0.2, 0.25) is 0 Å². The van der Waals surface area contributed by atoms with E-state index in [0.717, 1.165) is 5.56 Å². The molecule has 0 heterocycles. The number of benzene rings is 1. The van der Waals surface area contributed by atoms with Crippen LogP contribution in [0.2, 0.25) is 5.02 Å². The molecule has 4 heteroatoms. The van der Waals surface area contributed by atoms with E-state index in [1.54, 1.807) is 12.1 Å². The summed E-state index contributed by atoms with van der Waals surface area (Å²) in [5.74, 6) is 0. The zero-order valence-electron chi connectivity index (χ0n) is 10.5. The molecule has 3 N–H and O–H groups in total. The maximum Gasteiger partial charge on any atom is 0.0805 e. The van der Waals surface area contributed by atoms with E-state index in [4.69, 9.17) is 17.3 Å². The standard InChI is InChI=1S/C13H20ClNO.ClH/c1-13(2,3)12(15)8-11(16)9-5-4-6-10(14)7-9;/h4-7,11-12,16H,8,15H2,1-3H3;1H/t11-,12+;/m0./s1. The topological polar surface area (TPSA) is 46.2 Å². The van der Waals surface area contributed by atoms with Crippen LogP contribution in [0.5, 0.6) is 0 Å². The predicted molar refractivity (Wildman–Crippen MR) is 75.7 cm³/mol. The van der Waals surface area contributed by atoms with E-state index < -0.39 is 6.10 Å². The van der Waals surface area contributed by atoms with Gasteiger partial charge in [-0.25, -0.2) is 0 Å². The number of halogens is 2. The van der Waals surface area contributed by atoms with Crippen LogP contribution in [0.25, 0.3) is 0 Å². The highest BCUT2D eigenvalue weighted by molar-refractivity contribution is 6.30. The number of hydrogen-bond donors (Lipinski definition) is 2. The van der Waals surface area contributed by atoms with E-state index in [0.29, 0.717) is 11.4 Å². The fourth-order valence-corrected chi connectivity index (χ4v) is 1.64. The summed E-state index contributed by atoms with van der Waals surface area (Å²) in [7, 11) is 0. The lowest BCUT2D eigenvalue weighted by molar-refractivity contribution is 0.133. The molecule has 0 amide bonds. The number of hydrogen-bond acceptors (Lipinski definition) is 2. The van der Waals surface area contributed by atoms with Crippen LogP contribution in [-0.2, 0) is 0 Å². The van der Waals surface area contributed by atoms with Crippen molar-refractivity contribution in [3.63, 3.8) is 0 Å². The molecule has 98 valence electrons. The third-order valence-corrected chi connectivity index (χ3v) is 3.06. The van der Waals surface area contributed by atoms with Crippen molar-refractivity contribution in [3.8, 4) is 0 Å². The third-order valence-electron chi connectivity index (χ3n) is 2.82. The molecule has 0 saturated carbocycles. The summed E-state index contributed by atoms with van der Waals surface area (Å²) >= 11 is 5.87. The molecule has 1 rings (SSSR count). The number of aliphatic hydroxyl groups excluding tert-OH is 1. The Bertz CT molecular complexity index is 350. The molecule has 2 atom stereocenters. The molecule has 0 unspecified atom stereocenters. The molecule has 0 aliphatic heterocycles. The van der Waals surface area contributed by atoms with Crippen molar-refractivity contribution in [2.45, 2.75) is 39.3 Å². The van der Waals surface area contributed by atoms with Crippen molar-refractivity contribution in [3.05, 3.63) is 34.9 Å². The van der Waals surface area contributed by atoms with Crippen molar-refractivity contribution in [2.24, 2.45) is 11.1 Å². The normalized spacial score (nSPS) is 14.9. The van der Waals surface area contributed by atoms with Crippen LogP contribution in [-0.4, -0.2) is 11.1 Å². The first kappa shape index (κ1) is 16.7. The van der Waals surface area contributed by atoms with E-state index in [1.807, 2.05) is 12.1 Å². The average molecular weight is 278 g/mol. The summed E-state index contributed by atoms with van der Waals surface area (Å²) in [5, 5.41) is 10.7. The average Bonchev–Trinajstić information content (AvgIpc) is 2.16. The fourth-order valence-electron chi connectivity index (χ4n) is 1.44. The summed E-state index contributed by atoms with van der Waals surface area (Å²) in [4.78, 5) is 0. The molecule has 0 aromatic heterocycles. The Labute approximate surface area is 115 Å². The molecule has 0 aliphatic rings. The Hall–Kier alpha value is -0.280. The van der Waals surface area contributed by atoms with E-state index >= 15 is 0 Å². The van der Waals surface area contributed by atoms with Gasteiger partial charge in [-0.2, -0.15) is 0 Å². The van der Waals surface area contributed by atoms with Gasteiger partial charge >= 0.3 is 0 Å². The van der Waals surface area contributed by atoms with Crippen molar-refractivity contribution in [1.29, 1.82) is 0 Å². The van der Waals surface area contributed by atoms with Gasteiger partial charge in [0.15, 0.2) is 0 Å². The minimum Gasteiger partial charge on any atom is -0.388 e. The molecule has 0 bridgehead atoms. The fraction of sp³-hybridized carbons (Fsp3) is 0.538. The monoisotopic (exact) mass is 277 g/mol. The van der Waals surface area contributed by atoms with Gasteiger partial charge in [0, 0.05) is 11.1 Å². The van der Waals surface area contributed by atoms with Crippen LogP contribution >= 0.6 is 24.0 Å². The molecular formula is C13H21Cl2NO. The smallest absolute Gasteiger partial charge is 0.0805 e. The Kier molecular flexibility index (Phi) is 6.49. The number of aliphatic hydroxyl groups is 1. The van der Waals surface area contributed by atoms with Crippen molar-refractivity contribution >= 4 is 24.0 Å². The molecule has 0 fully saturated rings. The maximum absolute atomic E-state index is 10.0.